The average Bonchev–Trinajstić information content (AvgIpc) is 2.63. The summed E-state index contributed by atoms with van der Waals surface area (Å²) in [5, 5.41) is 0. The van der Waals surface area contributed by atoms with Gasteiger partial charge in [0.05, 0.1) is 32.7 Å². The predicted octanol–water partition coefficient (Wildman–Crippen LogP) is 4.52. The van der Waals surface area contributed by atoms with Crippen molar-refractivity contribution in [3.63, 3.8) is 0 Å². The molecule has 0 N–H and O–H groups in total. The minimum Gasteiger partial charge on any atom is -0.498 e. The molecule has 0 heterocycles. The molecule has 26 heavy (non-hydrogen) atoms. The van der Waals surface area contributed by atoms with Crippen LogP contribution in [0, 0.1) is 6.92 Å². The lowest BCUT2D eigenvalue weighted by Crippen LogP contribution is -2.11. The molecule has 0 amide bonds. The van der Waals surface area contributed by atoms with Gasteiger partial charge in [0.15, 0.2) is 11.5 Å². The minimum atomic E-state index is 0.338. The Balaban J connectivity index is 3.40. The fourth-order valence-corrected chi connectivity index (χ4v) is 2.43. The van der Waals surface area contributed by atoms with E-state index in [2.05, 4.69) is 0 Å². The van der Waals surface area contributed by atoms with Crippen LogP contribution in [0.25, 0.3) is 0 Å². The Morgan fingerprint density at radius 3 is 1.46 bits per heavy atom. The highest BCUT2D eigenvalue weighted by Gasteiger charge is 2.28. The molecule has 0 aromatic heterocycles. The van der Waals surface area contributed by atoms with Crippen molar-refractivity contribution in [2.45, 2.75) is 41.5 Å². The van der Waals surface area contributed by atoms with Gasteiger partial charge in [-0.1, -0.05) is 6.08 Å². The summed E-state index contributed by atoms with van der Waals surface area (Å²) in [6, 6.07) is 0. The lowest BCUT2D eigenvalue weighted by molar-refractivity contribution is 0.164. The van der Waals surface area contributed by atoms with Crippen molar-refractivity contribution in [1.29, 1.82) is 0 Å². The maximum absolute atomic E-state index is 5.98. The summed E-state index contributed by atoms with van der Waals surface area (Å²) in [5.74, 6) is 2.78. The lowest BCUT2D eigenvalue weighted by Gasteiger charge is -2.23. The van der Waals surface area contributed by atoms with Crippen molar-refractivity contribution in [3.05, 3.63) is 17.9 Å². The first-order chi connectivity index (χ1) is 12.7. The van der Waals surface area contributed by atoms with Crippen LogP contribution in [0.3, 0.4) is 0 Å². The molecule has 1 rings (SSSR count). The molecule has 6 nitrogen and oxygen atoms in total. The van der Waals surface area contributed by atoms with Crippen LogP contribution in [0.5, 0.6) is 28.7 Å². The van der Waals surface area contributed by atoms with E-state index in [1.165, 1.54) is 0 Å². The van der Waals surface area contributed by atoms with Crippen LogP contribution in [0.4, 0.5) is 0 Å². The van der Waals surface area contributed by atoms with E-state index in [1.807, 2.05) is 47.6 Å². The van der Waals surface area contributed by atoms with Crippen LogP contribution in [0.2, 0.25) is 0 Å². The number of benzene rings is 1. The number of hydrogen-bond donors (Lipinski definition) is 0. The molecule has 1 aromatic rings. The van der Waals surface area contributed by atoms with Crippen LogP contribution in [-0.4, -0.2) is 39.6 Å². The zero-order valence-electron chi connectivity index (χ0n) is 16.8. The van der Waals surface area contributed by atoms with E-state index >= 15 is 0 Å². The molecular weight excluding hydrogens is 336 g/mol. The van der Waals surface area contributed by atoms with Crippen molar-refractivity contribution < 1.29 is 28.4 Å². The molecule has 0 aliphatic heterocycles. The van der Waals surface area contributed by atoms with E-state index in [0.717, 1.165) is 5.56 Å². The summed E-state index contributed by atoms with van der Waals surface area (Å²) < 4.78 is 34.7. The molecule has 1 aromatic carbocycles. The van der Waals surface area contributed by atoms with Crippen LogP contribution < -0.4 is 23.7 Å². The standard InChI is InChI=1S/C20H32O6/c1-7-12-21-13-14-26-20-18(24-10-4)16(22-8-2)15(6)17(23-9-3)19(20)25-11-5/h7,12H,8-11,13-14H2,1-6H3. The molecule has 0 atom stereocenters. The van der Waals surface area contributed by atoms with Crippen LogP contribution in [-0.2, 0) is 4.74 Å². The molecule has 0 radical (unpaired) electrons. The Morgan fingerprint density at radius 1 is 0.615 bits per heavy atom. The summed E-state index contributed by atoms with van der Waals surface area (Å²) in [4.78, 5) is 0. The highest BCUT2D eigenvalue weighted by Crippen LogP contribution is 2.53. The summed E-state index contributed by atoms with van der Waals surface area (Å²) in [7, 11) is 0. The number of allylic oxidation sites excluding steroid dienone is 1. The second kappa shape index (κ2) is 12.2. The molecule has 6 heteroatoms. The second-order valence-corrected chi connectivity index (χ2v) is 5.19. The third-order valence-electron chi connectivity index (χ3n) is 3.34. The Bertz CT molecular complexity index is 531. The smallest absolute Gasteiger partial charge is 0.211 e. The highest BCUT2D eigenvalue weighted by atomic mass is 16.6. The van der Waals surface area contributed by atoms with Gasteiger partial charge in [-0.05, 0) is 41.5 Å². The van der Waals surface area contributed by atoms with Crippen LogP contribution in [0.15, 0.2) is 12.3 Å². The van der Waals surface area contributed by atoms with Crippen LogP contribution >= 0.6 is 0 Å². The zero-order chi connectivity index (χ0) is 19.4. The maximum Gasteiger partial charge on any atom is 0.211 e. The molecule has 0 aliphatic carbocycles. The fourth-order valence-electron chi connectivity index (χ4n) is 2.43. The Labute approximate surface area is 157 Å². The third-order valence-corrected chi connectivity index (χ3v) is 3.34. The predicted molar refractivity (Wildman–Crippen MR) is 102 cm³/mol. The van der Waals surface area contributed by atoms with Gasteiger partial charge in [0.2, 0.25) is 17.2 Å². The number of hydrogen-bond acceptors (Lipinski definition) is 6. The molecule has 0 fully saturated rings. The fraction of sp³-hybridized carbons (Fsp3) is 0.600. The van der Waals surface area contributed by atoms with E-state index in [1.54, 1.807) is 6.26 Å². The summed E-state index contributed by atoms with van der Waals surface area (Å²) in [6.45, 7) is 14.2. The van der Waals surface area contributed by atoms with E-state index in [4.69, 9.17) is 28.4 Å². The maximum atomic E-state index is 5.98. The van der Waals surface area contributed by atoms with Gasteiger partial charge in [-0.2, -0.15) is 0 Å². The van der Waals surface area contributed by atoms with Crippen molar-refractivity contribution in [2.24, 2.45) is 0 Å². The molecular formula is C20H32O6. The van der Waals surface area contributed by atoms with Gasteiger partial charge in [-0.3, -0.25) is 0 Å². The number of rotatable bonds is 13. The van der Waals surface area contributed by atoms with Crippen molar-refractivity contribution in [2.75, 3.05) is 39.6 Å². The Hall–Kier alpha value is -2.24. The van der Waals surface area contributed by atoms with Gasteiger partial charge < -0.3 is 28.4 Å². The van der Waals surface area contributed by atoms with Gasteiger partial charge >= 0.3 is 0 Å². The van der Waals surface area contributed by atoms with E-state index in [0.29, 0.717) is 68.4 Å². The lowest BCUT2D eigenvalue weighted by atomic mass is 10.1. The quantitative estimate of drug-likeness (QED) is 0.377. The van der Waals surface area contributed by atoms with Crippen molar-refractivity contribution in [3.8, 4) is 28.7 Å². The van der Waals surface area contributed by atoms with E-state index < -0.39 is 0 Å². The Kier molecular flexibility index (Phi) is 10.2. The molecule has 0 aliphatic rings. The SMILES string of the molecule is CC=COCCOc1c(OCC)c(OCC)c(C)c(OCC)c1OCC. The van der Waals surface area contributed by atoms with Gasteiger partial charge in [0.1, 0.15) is 13.2 Å². The van der Waals surface area contributed by atoms with Crippen LogP contribution in [0.1, 0.15) is 40.2 Å². The summed E-state index contributed by atoms with van der Waals surface area (Å²) >= 11 is 0. The first-order valence-corrected chi connectivity index (χ1v) is 9.23. The van der Waals surface area contributed by atoms with Gasteiger partial charge in [-0.15, -0.1) is 0 Å². The van der Waals surface area contributed by atoms with Crippen molar-refractivity contribution >= 4 is 0 Å². The normalized spacial score (nSPS) is 10.7. The second-order valence-electron chi connectivity index (χ2n) is 5.19. The van der Waals surface area contributed by atoms with Gasteiger partial charge in [0, 0.05) is 5.56 Å². The van der Waals surface area contributed by atoms with E-state index in [-0.39, 0.29) is 0 Å². The average molecular weight is 368 g/mol. The monoisotopic (exact) mass is 368 g/mol. The molecule has 0 bridgehead atoms. The Morgan fingerprint density at radius 2 is 1.04 bits per heavy atom. The third kappa shape index (κ3) is 5.64. The molecule has 0 spiro atoms. The first-order valence-electron chi connectivity index (χ1n) is 9.23. The molecule has 148 valence electrons. The summed E-state index contributed by atoms with van der Waals surface area (Å²) in [5.41, 5.74) is 0.832. The zero-order valence-corrected chi connectivity index (χ0v) is 16.8. The largest absolute Gasteiger partial charge is 0.498 e. The van der Waals surface area contributed by atoms with E-state index in [9.17, 15) is 0 Å². The highest BCUT2D eigenvalue weighted by molar-refractivity contribution is 5.70. The van der Waals surface area contributed by atoms with Gasteiger partial charge in [-0.25, -0.2) is 0 Å². The first kappa shape index (κ1) is 21.8. The van der Waals surface area contributed by atoms with Crippen molar-refractivity contribution in [1.82, 2.24) is 0 Å². The summed E-state index contributed by atoms with van der Waals surface area (Å²) in [6.07, 6.45) is 3.45. The topological polar surface area (TPSA) is 55.4 Å². The molecule has 0 saturated carbocycles. The number of ether oxygens (including phenoxy) is 6. The molecule has 0 saturated heterocycles. The minimum absolute atomic E-state index is 0.338. The molecule has 0 unspecified atom stereocenters. The van der Waals surface area contributed by atoms with Gasteiger partial charge in [0.25, 0.3) is 0 Å².